The number of nitro groups is 1. The Hall–Kier alpha value is -2.35. The summed E-state index contributed by atoms with van der Waals surface area (Å²) in [6.45, 7) is 0. The van der Waals surface area contributed by atoms with Crippen LogP contribution in [0.25, 0.3) is 6.08 Å². The van der Waals surface area contributed by atoms with Gasteiger partial charge in [-0.25, -0.2) is 5.32 Å². The molecule has 1 amide bonds. The number of rotatable bonds is 2. The van der Waals surface area contributed by atoms with E-state index in [-0.39, 0.29) is 6.04 Å². The van der Waals surface area contributed by atoms with E-state index in [1.54, 1.807) is 12.1 Å². The molecule has 0 atom stereocenters. The third-order valence-corrected chi connectivity index (χ3v) is 4.88. The van der Waals surface area contributed by atoms with Gasteiger partial charge < -0.3 is 14.8 Å². The van der Waals surface area contributed by atoms with Crippen molar-refractivity contribution in [1.29, 1.82) is 0 Å². The van der Waals surface area contributed by atoms with Crippen molar-refractivity contribution < 1.29 is 9.72 Å². The molecule has 126 valence electrons. The van der Waals surface area contributed by atoms with E-state index in [0.29, 0.717) is 5.56 Å². The zero-order valence-corrected chi connectivity index (χ0v) is 13.8. The number of hydrogen-bond acceptors (Lipinski definition) is 6. The van der Waals surface area contributed by atoms with Crippen molar-refractivity contribution in [3.05, 3.63) is 45.6 Å². The average Bonchev–Trinajstić information content (AvgIpc) is 2.61. The second kappa shape index (κ2) is 7.48. The lowest BCUT2D eigenvalue weighted by Gasteiger charge is -2.15. The highest BCUT2D eigenvalue weighted by Crippen LogP contribution is 2.26. The van der Waals surface area contributed by atoms with Crippen LogP contribution in [0.5, 0.6) is 0 Å². The van der Waals surface area contributed by atoms with Gasteiger partial charge in [0.15, 0.2) is 0 Å². The van der Waals surface area contributed by atoms with Gasteiger partial charge in [-0.05, 0) is 66.3 Å². The average molecular weight is 346 g/mol. The summed E-state index contributed by atoms with van der Waals surface area (Å²) in [7, 11) is 0. The van der Waals surface area contributed by atoms with E-state index in [1.807, 2.05) is 18.3 Å². The Balaban J connectivity index is 1.75. The van der Waals surface area contributed by atoms with Gasteiger partial charge in [-0.15, -0.1) is 4.99 Å². The molecule has 1 aromatic rings. The van der Waals surface area contributed by atoms with Gasteiger partial charge >= 0.3 is 11.9 Å². The summed E-state index contributed by atoms with van der Waals surface area (Å²) in [4.78, 5) is 28.0. The zero-order chi connectivity index (χ0) is 16.9. The summed E-state index contributed by atoms with van der Waals surface area (Å²) in [6.07, 6.45) is 8.57. The summed E-state index contributed by atoms with van der Waals surface area (Å²) in [5.74, 6) is -0.977. The molecule has 7 nitrogen and oxygen atoms in total. The Morgan fingerprint density at radius 3 is 2.88 bits per heavy atom. The molecule has 0 radical (unpaired) electrons. The number of aliphatic imine (C=N–C) groups is 1. The highest BCUT2D eigenvalue weighted by molar-refractivity contribution is 7.97. The van der Waals surface area contributed by atoms with Crippen LogP contribution in [0.2, 0.25) is 0 Å². The lowest BCUT2D eigenvalue weighted by Crippen LogP contribution is -2.37. The molecule has 3 rings (SSSR count). The maximum atomic E-state index is 12.3. The maximum absolute atomic E-state index is 12.3. The van der Waals surface area contributed by atoms with Crippen molar-refractivity contribution >= 4 is 29.9 Å². The lowest BCUT2D eigenvalue weighted by molar-refractivity contribution is -0.354. The molecule has 0 bridgehead atoms. The molecule has 0 aromatic heterocycles. The van der Waals surface area contributed by atoms with E-state index < -0.39 is 16.8 Å². The van der Waals surface area contributed by atoms with Crippen LogP contribution < -0.4 is 10.0 Å². The van der Waals surface area contributed by atoms with E-state index in [1.165, 1.54) is 11.9 Å². The molecule has 0 unspecified atom stereocenters. The first kappa shape index (κ1) is 16.5. The van der Waals surface area contributed by atoms with Crippen LogP contribution in [-0.2, 0) is 0 Å². The van der Waals surface area contributed by atoms with Gasteiger partial charge in [-0.2, -0.15) is 0 Å². The highest BCUT2D eigenvalue weighted by atomic mass is 32.2. The Kier molecular flexibility index (Phi) is 5.14. The third-order valence-electron chi connectivity index (χ3n) is 4.05. The summed E-state index contributed by atoms with van der Waals surface area (Å²) < 4.78 is 2.99. The molecule has 2 N–H and O–H groups in total. The SMILES string of the molecule is O=C(NC(=NC1CCCCC1)[N+](=O)[O-])c1ccc2c(c1)SNC=C2. The standard InChI is InChI=1S/C16H18N4O3S/c21-15(12-7-6-11-8-9-17-24-14(11)10-12)19-16(20(22)23)18-13-4-2-1-3-5-13/h6-10,13,17H,1-5H2,(H,18,19,21). The second-order valence-corrected chi connectivity index (χ2v) is 6.64. The molecule has 0 saturated heterocycles. The molecule has 1 aliphatic carbocycles. The van der Waals surface area contributed by atoms with Crippen LogP contribution in [0.4, 0.5) is 0 Å². The van der Waals surface area contributed by atoms with Crippen LogP contribution in [0.3, 0.4) is 0 Å². The number of benzene rings is 1. The summed E-state index contributed by atoms with van der Waals surface area (Å²) in [5.41, 5.74) is 1.37. The second-order valence-electron chi connectivity index (χ2n) is 5.76. The van der Waals surface area contributed by atoms with Crippen LogP contribution in [-0.4, -0.2) is 22.8 Å². The van der Waals surface area contributed by atoms with E-state index in [2.05, 4.69) is 15.0 Å². The number of fused-ring (bicyclic) bond motifs is 1. The van der Waals surface area contributed by atoms with Crippen LogP contribution >= 0.6 is 11.9 Å². The topological polar surface area (TPSA) is 96.6 Å². The number of nitrogens with one attached hydrogen (secondary N) is 2. The van der Waals surface area contributed by atoms with Crippen molar-refractivity contribution in [1.82, 2.24) is 10.0 Å². The van der Waals surface area contributed by atoms with Crippen LogP contribution in [0.15, 0.2) is 34.3 Å². The molecule has 1 fully saturated rings. The van der Waals surface area contributed by atoms with E-state index in [4.69, 9.17) is 0 Å². The first-order valence-electron chi connectivity index (χ1n) is 7.90. The van der Waals surface area contributed by atoms with Gasteiger partial charge in [0.05, 0.1) is 5.56 Å². The van der Waals surface area contributed by atoms with E-state index in [9.17, 15) is 14.9 Å². The van der Waals surface area contributed by atoms with Crippen molar-refractivity contribution in [2.45, 2.75) is 43.0 Å². The molecule has 1 aromatic carbocycles. The fourth-order valence-electron chi connectivity index (χ4n) is 2.80. The fraction of sp³-hybridized carbons (Fsp3) is 0.375. The molecule has 1 saturated carbocycles. The first-order chi connectivity index (χ1) is 11.6. The molecular formula is C16H18N4O3S. The zero-order valence-electron chi connectivity index (χ0n) is 13.0. The molecule has 1 aliphatic heterocycles. The van der Waals surface area contributed by atoms with Gasteiger partial charge in [-0.1, -0.05) is 12.5 Å². The fourth-order valence-corrected chi connectivity index (χ4v) is 3.51. The van der Waals surface area contributed by atoms with Gasteiger partial charge in [0.1, 0.15) is 6.04 Å². The lowest BCUT2D eigenvalue weighted by atomic mass is 9.96. The Bertz CT molecular complexity index is 711. The Morgan fingerprint density at radius 2 is 2.12 bits per heavy atom. The van der Waals surface area contributed by atoms with Crippen LogP contribution in [0.1, 0.15) is 48.0 Å². The van der Waals surface area contributed by atoms with Gasteiger partial charge in [0.2, 0.25) is 0 Å². The minimum absolute atomic E-state index is 0.0760. The smallest absolute Gasteiger partial charge is 0.390 e. The normalized spacial score (nSPS) is 17.8. The molecule has 2 aliphatic rings. The number of hydrogen-bond donors (Lipinski definition) is 2. The highest BCUT2D eigenvalue weighted by Gasteiger charge is 2.23. The van der Waals surface area contributed by atoms with Crippen molar-refractivity contribution in [3.8, 4) is 0 Å². The van der Waals surface area contributed by atoms with Crippen molar-refractivity contribution in [2.24, 2.45) is 4.99 Å². The molecule has 8 heteroatoms. The summed E-state index contributed by atoms with van der Waals surface area (Å²) in [6, 6.07) is 5.11. The van der Waals surface area contributed by atoms with E-state index in [0.717, 1.165) is 42.6 Å². The van der Waals surface area contributed by atoms with Crippen molar-refractivity contribution in [2.75, 3.05) is 0 Å². The number of nitrogens with zero attached hydrogens (tertiary/aromatic N) is 2. The minimum Gasteiger partial charge on any atom is -0.390 e. The molecule has 24 heavy (non-hydrogen) atoms. The quantitative estimate of drug-likeness (QED) is 0.282. The molecular weight excluding hydrogens is 328 g/mol. The Labute approximate surface area is 143 Å². The molecule has 1 heterocycles. The first-order valence-corrected chi connectivity index (χ1v) is 8.71. The summed E-state index contributed by atoms with van der Waals surface area (Å²) >= 11 is 1.39. The minimum atomic E-state index is -0.621. The largest absolute Gasteiger partial charge is 0.430 e. The van der Waals surface area contributed by atoms with E-state index >= 15 is 0 Å². The van der Waals surface area contributed by atoms with Crippen molar-refractivity contribution in [3.63, 3.8) is 0 Å². The predicted molar refractivity (Wildman–Crippen MR) is 93.2 cm³/mol. The van der Waals surface area contributed by atoms with Crippen LogP contribution in [0, 0.1) is 10.1 Å². The Morgan fingerprint density at radius 1 is 1.33 bits per heavy atom. The maximum Gasteiger partial charge on any atom is 0.430 e. The molecule has 0 spiro atoms. The van der Waals surface area contributed by atoms with Gasteiger partial charge in [0, 0.05) is 11.1 Å². The number of amides is 1. The third kappa shape index (κ3) is 3.94. The number of carbonyl (C=O) groups is 1. The monoisotopic (exact) mass is 346 g/mol. The van der Waals surface area contributed by atoms with Gasteiger partial charge in [0.25, 0.3) is 0 Å². The van der Waals surface area contributed by atoms with Gasteiger partial charge in [-0.3, -0.25) is 4.79 Å². The predicted octanol–water partition coefficient (Wildman–Crippen LogP) is 2.96. The number of carbonyl (C=O) groups excluding carboxylic acids is 1. The summed E-state index contributed by atoms with van der Waals surface area (Å²) in [5, 5.41) is 13.6. The number of guanidine groups is 1.